The van der Waals surface area contributed by atoms with Gasteiger partial charge in [-0.25, -0.2) is 0 Å². The third-order valence-electron chi connectivity index (χ3n) is 5.59. The molecule has 2 aliphatic heterocycles. The van der Waals surface area contributed by atoms with Gasteiger partial charge in [0.25, 0.3) is 5.91 Å². The van der Waals surface area contributed by atoms with Crippen molar-refractivity contribution in [3.63, 3.8) is 0 Å². The van der Waals surface area contributed by atoms with Gasteiger partial charge in [0.1, 0.15) is 5.66 Å². The smallest absolute Gasteiger partial charge is 0.255 e. The average Bonchev–Trinajstić information content (AvgIpc) is 3.10. The Morgan fingerprint density at radius 2 is 1.88 bits per heavy atom. The second kappa shape index (κ2) is 5.96. The van der Waals surface area contributed by atoms with E-state index in [1.807, 2.05) is 11.0 Å². The fraction of sp³-hybridized carbons (Fsp3) is 0.556. The number of hydrogen-bond acceptors (Lipinski definition) is 3. The van der Waals surface area contributed by atoms with Crippen molar-refractivity contribution in [1.29, 1.82) is 0 Å². The molecule has 2 amide bonds. The lowest BCUT2D eigenvalue weighted by atomic mass is 9.91. The van der Waals surface area contributed by atoms with Gasteiger partial charge < -0.3 is 15.5 Å². The first kappa shape index (κ1) is 15.8. The number of nitrogens with zero attached hydrogens (tertiary/aromatic N) is 1. The number of hydrogen-bond donors (Lipinski definition) is 2. The molecule has 0 bridgehead atoms. The SMILES string of the molecule is O=C1NC2(CCN(C(=O)C3CCCC3)CC2)Nc2ccc(Cl)cc21. The number of piperidine rings is 1. The molecule has 4 rings (SSSR count). The molecule has 2 heterocycles. The van der Waals surface area contributed by atoms with Crippen LogP contribution in [0.4, 0.5) is 5.69 Å². The first-order chi connectivity index (χ1) is 11.6. The maximum atomic E-state index is 12.6. The molecule has 1 spiro atoms. The molecule has 1 aliphatic carbocycles. The van der Waals surface area contributed by atoms with Gasteiger partial charge in [-0.15, -0.1) is 0 Å². The summed E-state index contributed by atoms with van der Waals surface area (Å²) in [5.74, 6) is 0.425. The highest BCUT2D eigenvalue weighted by molar-refractivity contribution is 6.31. The van der Waals surface area contributed by atoms with Gasteiger partial charge in [0.2, 0.25) is 5.91 Å². The number of fused-ring (bicyclic) bond motifs is 1. The first-order valence-electron chi connectivity index (χ1n) is 8.75. The molecule has 0 radical (unpaired) electrons. The Balaban J connectivity index is 1.46. The van der Waals surface area contributed by atoms with Gasteiger partial charge in [0, 0.05) is 42.6 Å². The maximum absolute atomic E-state index is 12.6. The van der Waals surface area contributed by atoms with Crippen LogP contribution in [0.1, 0.15) is 48.9 Å². The van der Waals surface area contributed by atoms with E-state index in [1.165, 1.54) is 12.8 Å². The van der Waals surface area contributed by atoms with Crippen LogP contribution in [0.3, 0.4) is 0 Å². The molecular weight excluding hydrogens is 326 g/mol. The molecule has 1 saturated heterocycles. The van der Waals surface area contributed by atoms with E-state index in [9.17, 15) is 9.59 Å². The second-order valence-electron chi connectivity index (χ2n) is 7.16. The Labute approximate surface area is 146 Å². The molecule has 2 fully saturated rings. The highest BCUT2D eigenvalue weighted by Crippen LogP contribution is 2.34. The lowest BCUT2D eigenvalue weighted by molar-refractivity contribution is -0.136. The molecule has 2 N–H and O–H groups in total. The van der Waals surface area contributed by atoms with Gasteiger partial charge in [-0.1, -0.05) is 24.4 Å². The molecule has 0 unspecified atom stereocenters. The van der Waals surface area contributed by atoms with Crippen LogP contribution in [-0.2, 0) is 4.79 Å². The van der Waals surface area contributed by atoms with Crippen molar-refractivity contribution < 1.29 is 9.59 Å². The van der Waals surface area contributed by atoms with Crippen LogP contribution < -0.4 is 10.6 Å². The summed E-state index contributed by atoms with van der Waals surface area (Å²) < 4.78 is 0. The standard InChI is InChI=1S/C18H22ClN3O2/c19-13-5-6-15-14(11-13)16(23)21-18(20-15)7-9-22(10-8-18)17(24)12-3-1-2-4-12/h5-6,11-12,20H,1-4,7-10H2,(H,21,23). The summed E-state index contributed by atoms with van der Waals surface area (Å²) in [4.78, 5) is 27.0. The van der Waals surface area contributed by atoms with Gasteiger partial charge in [-0.2, -0.15) is 0 Å². The van der Waals surface area contributed by atoms with Crippen molar-refractivity contribution in [2.45, 2.75) is 44.2 Å². The minimum atomic E-state index is -0.454. The van der Waals surface area contributed by atoms with E-state index >= 15 is 0 Å². The predicted molar refractivity (Wildman–Crippen MR) is 93.0 cm³/mol. The number of anilines is 1. The molecule has 1 aromatic carbocycles. The Morgan fingerprint density at radius 3 is 2.58 bits per heavy atom. The van der Waals surface area contributed by atoms with Crippen LogP contribution >= 0.6 is 11.6 Å². The van der Waals surface area contributed by atoms with Crippen molar-refractivity contribution in [3.05, 3.63) is 28.8 Å². The largest absolute Gasteiger partial charge is 0.362 e. The summed E-state index contributed by atoms with van der Waals surface area (Å²) in [6, 6.07) is 5.33. The van der Waals surface area contributed by atoms with Gasteiger partial charge in [0.05, 0.1) is 5.56 Å². The molecular formula is C18H22ClN3O2. The van der Waals surface area contributed by atoms with Crippen LogP contribution in [0, 0.1) is 5.92 Å². The normalized spacial score (nSPS) is 22.9. The highest BCUT2D eigenvalue weighted by atomic mass is 35.5. The number of amides is 2. The van der Waals surface area contributed by atoms with Gasteiger partial charge in [-0.05, 0) is 31.0 Å². The number of nitrogens with one attached hydrogen (secondary N) is 2. The number of likely N-dealkylation sites (tertiary alicyclic amines) is 1. The molecule has 5 nitrogen and oxygen atoms in total. The van der Waals surface area contributed by atoms with Crippen LogP contribution in [0.15, 0.2) is 18.2 Å². The summed E-state index contributed by atoms with van der Waals surface area (Å²) in [6.07, 6.45) is 5.85. The highest BCUT2D eigenvalue weighted by Gasteiger charge is 2.42. The number of carbonyl (C=O) groups is 2. The van der Waals surface area contributed by atoms with E-state index < -0.39 is 5.66 Å². The molecule has 1 aromatic rings. The van der Waals surface area contributed by atoms with Crippen molar-refractivity contribution in [2.24, 2.45) is 5.92 Å². The van der Waals surface area contributed by atoms with Crippen LogP contribution in [0.5, 0.6) is 0 Å². The molecule has 0 aromatic heterocycles. The maximum Gasteiger partial charge on any atom is 0.255 e. The zero-order chi connectivity index (χ0) is 16.7. The van der Waals surface area contributed by atoms with Crippen LogP contribution in [0.25, 0.3) is 0 Å². The van der Waals surface area contributed by atoms with Crippen LogP contribution in [0.2, 0.25) is 5.02 Å². The van der Waals surface area contributed by atoms with Crippen LogP contribution in [-0.4, -0.2) is 35.5 Å². The van der Waals surface area contributed by atoms with Crippen molar-refractivity contribution in [2.75, 3.05) is 18.4 Å². The molecule has 6 heteroatoms. The lowest BCUT2D eigenvalue weighted by Crippen LogP contribution is -2.63. The number of rotatable bonds is 1. The number of halogens is 1. The second-order valence-corrected chi connectivity index (χ2v) is 7.59. The number of carbonyl (C=O) groups excluding carboxylic acids is 2. The van der Waals surface area contributed by atoms with Gasteiger partial charge >= 0.3 is 0 Å². The number of benzene rings is 1. The Bertz CT molecular complexity index is 677. The Morgan fingerprint density at radius 1 is 1.17 bits per heavy atom. The average molecular weight is 348 g/mol. The third kappa shape index (κ3) is 2.75. The monoisotopic (exact) mass is 347 g/mol. The zero-order valence-corrected chi connectivity index (χ0v) is 14.4. The summed E-state index contributed by atoms with van der Waals surface area (Å²) in [6.45, 7) is 1.37. The van der Waals surface area contributed by atoms with E-state index in [2.05, 4.69) is 10.6 Å². The van der Waals surface area contributed by atoms with E-state index in [0.717, 1.165) is 31.4 Å². The minimum Gasteiger partial charge on any atom is -0.362 e. The van der Waals surface area contributed by atoms with Gasteiger partial charge in [-0.3, -0.25) is 9.59 Å². The topological polar surface area (TPSA) is 61.4 Å². The molecule has 128 valence electrons. The predicted octanol–water partition coefficient (Wildman–Crippen LogP) is 3.00. The zero-order valence-electron chi connectivity index (χ0n) is 13.6. The molecule has 3 aliphatic rings. The van der Waals surface area contributed by atoms with Gasteiger partial charge in [0.15, 0.2) is 0 Å². The fourth-order valence-electron chi connectivity index (χ4n) is 4.18. The van der Waals surface area contributed by atoms with E-state index in [-0.39, 0.29) is 11.8 Å². The van der Waals surface area contributed by atoms with Crippen molar-refractivity contribution in [1.82, 2.24) is 10.2 Å². The quantitative estimate of drug-likeness (QED) is 0.821. The van der Waals surface area contributed by atoms with E-state index in [4.69, 9.17) is 11.6 Å². The molecule has 0 atom stereocenters. The van der Waals surface area contributed by atoms with E-state index in [0.29, 0.717) is 29.6 Å². The first-order valence-corrected chi connectivity index (χ1v) is 9.13. The Kier molecular flexibility index (Phi) is 3.91. The lowest BCUT2D eigenvalue weighted by Gasteiger charge is -2.46. The molecule has 24 heavy (non-hydrogen) atoms. The Hall–Kier alpha value is -1.75. The van der Waals surface area contributed by atoms with Crippen molar-refractivity contribution >= 4 is 29.1 Å². The third-order valence-corrected chi connectivity index (χ3v) is 5.82. The molecule has 1 saturated carbocycles. The fourth-order valence-corrected chi connectivity index (χ4v) is 4.35. The van der Waals surface area contributed by atoms with E-state index in [1.54, 1.807) is 12.1 Å². The minimum absolute atomic E-state index is 0.0955. The summed E-state index contributed by atoms with van der Waals surface area (Å²) in [5.41, 5.74) is 0.945. The van der Waals surface area contributed by atoms with Crippen molar-refractivity contribution in [3.8, 4) is 0 Å². The summed E-state index contributed by atoms with van der Waals surface area (Å²) >= 11 is 5.98. The summed E-state index contributed by atoms with van der Waals surface area (Å²) in [5, 5.41) is 7.12. The summed E-state index contributed by atoms with van der Waals surface area (Å²) in [7, 11) is 0.